The lowest BCUT2D eigenvalue weighted by molar-refractivity contribution is -0.136. The number of halogens is 1. The molecule has 0 unspecified atom stereocenters. The Morgan fingerprint density at radius 2 is 1.69 bits per heavy atom. The fraction of sp³-hybridized carbons (Fsp3) is 0.913. The Hall–Kier alpha value is -0.530. The summed E-state index contributed by atoms with van der Waals surface area (Å²) >= 11 is 0. The van der Waals surface area contributed by atoms with E-state index < -0.39 is 0 Å². The number of aliphatic imine (C=N–C) groups is 1. The Labute approximate surface area is 196 Å². The molecule has 0 radical (unpaired) electrons. The molecule has 0 aromatic carbocycles. The molecule has 1 heterocycles. The molecule has 5 nitrogen and oxygen atoms in total. The third-order valence-electron chi connectivity index (χ3n) is 6.59. The molecular formula is C23H45IN4O. The molecule has 6 heteroatoms. The third-order valence-corrected chi connectivity index (χ3v) is 6.59. The minimum atomic E-state index is 0. The normalized spacial score (nSPS) is 18.8. The van der Waals surface area contributed by atoms with Crippen molar-refractivity contribution in [1.82, 2.24) is 15.5 Å². The number of carbonyl (C=O) groups excluding carboxylic acids is 1. The Morgan fingerprint density at radius 1 is 1.03 bits per heavy atom. The summed E-state index contributed by atoms with van der Waals surface area (Å²) in [7, 11) is 0. The van der Waals surface area contributed by atoms with Crippen LogP contribution in [0.15, 0.2) is 4.99 Å². The van der Waals surface area contributed by atoms with Crippen molar-refractivity contribution in [2.45, 2.75) is 97.4 Å². The monoisotopic (exact) mass is 520 g/mol. The van der Waals surface area contributed by atoms with Crippen LogP contribution in [0.1, 0.15) is 91.4 Å². The topological polar surface area (TPSA) is 56.7 Å². The van der Waals surface area contributed by atoms with Crippen LogP contribution >= 0.6 is 24.0 Å². The fourth-order valence-electron chi connectivity index (χ4n) is 4.69. The van der Waals surface area contributed by atoms with Crippen molar-refractivity contribution < 1.29 is 4.79 Å². The molecule has 2 aliphatic rings. The van der Waals surface area contributed by atoms with Crippen LogP contribution in [0.5, 0.6) is 0 Å². The average molecular weight is 521 g/mol. The summed E-state index contributed by atoms with van der Waals surface area (Å²) in [6, 6.07) is 0.419. The molecule has 29 heavy (non-hydrogen) atoms. The van der Waals surface area contributed by atoms with Crippen molar-refractivity contribution >= 4 is 35.8 Å². The second-order valence-electron chi connectivity index (χ2n) is 8.66. The lowest BCUT2D eigenvalue weighted by Gasteiger charge is -2.34. The number of rotatable bonds is 10. The number of unbranched alkanes of at least 4 members (excludes halogenated alkanes) is 1. The van der Waals surface area contributed by atoms with Crippen LogP contribution in [0.25, 0.3) is 0 Å². The molecule has 1 aliphatic heterocycles. The van der Waals surface area contributed by atoms with E-state index in [2.05, 4.69) is 36.3 Å². The first-order valence-electron chi connectivity index (χ1n) is 12.0. The number of nitrogens with zero attached hydrogens (tertiary/aromatic N) is 2. The molecule has 1 saturated carbocycles. The van der Waals surface area contributed by atoms with Crippen molar-refractivity contribution in [1.29, 1.82) is 0 Å². The second-order valence-corrected chi connectivity index (χ2v) is 8.66. The summed E-state index contributed by atoms with van der Waals surface area (Å²) in [6.45, 7) is 9.89. The van der Waals surface area contributed by atoms with Gasteiger partial charge in [0.05, 0.1) is 0 Å². The molecule has 0 bridgehead atoms. The van der Waals surface area contributed by atoms with Gasteiger partial charge in [-0.2, -0.15) is 0 Å². The van der Waals surface area contributed by atoms with E-state index in [1.165, 1.54) is 44.9 Å². The predicted octanol–water partition coefficient (Wildman–Crippen LogP) is 4.95. The van der Waals surface area contributed by atoms with Gasteiger partial charge in [0.1, 0.15) is 0 Å². The third kappa shape index (κ3) is 9.43. The van der Waals surface area contributed by atoms with E-state index in [-0.39, 0.29) is 29.9 Å². The van der Waals surface area contributed by atoms with Gasteiger partial charge in [-0.05, 0) is 44.9 Å². The summed E-state index contributed by atoms with van der Waals surface area (Å²) in [6.07, 6.45) is 13.6. The lowest BCUT2D eigenvalue weighted by Crippen LogP contribution is -2.50. The molecular weight excluding hydrogens is 475 g/mol. The van der Waals surface area contributed by atoms with Crippen LogP contribution in [0.2, 0.25) is 0 Å². The van der Waals surface area contributed by atoms with E-state index in [9.17, 15) is 4.79 Å². The van der Waals surface area contributed by atoms with Gasteiger partial charge in [0.15, 0.2) is 5.96 Å². The van der Waals surface area contributed by atoms with E-state index in [4.69, 9.17) is 4.99 Å². The standard InChI is InChI=1S/C23H44N4O.HI/c1-4-20(5-2)22(28)27-17-14-21(15-18-27)26-23(24-6-3)25-16-10-9-13-19-11-7-8-12-19;/h19-21H,4-18H2,1-3H3,(H2,24,25,26);1H. The lowest BCUT2D eigenvalue weighted by atomic mass is 9.98. The fourth-order valence-corrected chi connectivity index (χ4v) is 4.69. The first-order valence-corrected chi connectivity index (χ1v) is 12.0. The van der Waals surface area contributed by atoms with Gasteiger partial charge < -0.3 is 15.5 Å². The maximum absolute atomic E-state index is 12.6. The zero-order valence-electron chi connectivity index (χ0n) is 19.0. The van der Waals surface area contributed by atoms with Gasteiger partial charge in [-0.25, -0.2) is 0 Å². The van der Waals surface area contributed by atoms with E-state index in [1.807, 2.05) is 0 Å². The first-order chi connectivity index (χ1) is 13.7. The highest BCUT2D eigenvalue weighted by molar-refractivity contribution is 14.0. The van der Waals surface area contributed by atoms with Crippen molar-refractivity contribution in [3.05, 3.63) is 0 Å². The van der Waals surface area contributed by atoms with E-state index in [0.717, 1.165) is 63.7 Å². The summed E-state index contributed by atoms with van der Waals surface area (Å²) in [4.78, 5) is 19.4. The molecule has 0 aromatic rings. The molecule has 0 aromatic heterocycles. The number of amides is 1. The summed E-state index contributed by atoms with van der Waals surface area (Å²) in [5.74, 6) is 2.50. The van der Waals surface area contributed by atoms with Gasteiger partial charge in [0.25, 0.3) is 0 Å². The van der Waals surface area contributed by atoms with Gasteiger partial charge in [-0.3, -0.25) is 9.79 Å². The quantitative estimate of drug-likeness (QED) is 0.186. The van der Waals surface area contributed by atoms with Gasteiger partial charge in [0, 0.05) is 38.1 Å². The van der Waals surface area contributed by atoms with Crippen LogP contribution in [-0.2, 0) is 4.79 Å². The SMILES string of the molecule is CCNC(=NCCCCC1CCCC1)NC1CCN(C(=O)C(CC)CC)CC1.I. The molecule has 1 amide bonds. The van der Waals surface area contributed by atoms with E-state index in [0.29, 0.717) is 11.9 Å². The zero-order valence-corrected chi connectivity index (χ0v) is 21.4. The van der Waals surface area contributed by atoms with E-state index in [1.54, 1.807) is 0 Å². The average Bonchev–Trinajstić information content (AvgIpc) is 3.23. The minimum Gasteiger partial charge on any atom is -0.357 e. The molecule has 2 rings (SSSR count). The molecule has 1 saturated heterocycles. The van der Waals surface area contributed by atoms with Crippen molar-refractivity contribution in [3.63, 3.8) is 0 Å². The van der Waals surface area contributed by atoms with Crippen LogP contribution in [0.3, 0.4) is 0 Å². The summed E-state index contributed by atoms with van der Waals surface area (Å²) in [5, 5.41) is 7.00. The van der Waals surface area contributed by atoms with Gasteiger partial charge in [-0.15, -0.1) is 24.0 Å². The minimum absolute atomic E-state index is 0. The molecule has 0 atom stereocenters. The molecule has 2 N–H and O–H groups in total. The van der Waals surface area contributed by atoms with Crippen molar-refractivity contribution in [3.8, 4) is 0 Å². The number of nitrogens with one attached hydrogen (secondary N) is 2. The Bertz CT molecular complexity index is 467. The van der Waals surface area contributed by atoms with Crippen molar-refractivity contribution in [2.24, 2.45) is 16.8 Å². The highest BCUT2D eigenvalue weighted by Crippen LogP contribution is 2.28. The highest BCUT2D eigenvalue weighted by Gasteiger charge is 2.26. The zero-order chi connectivity index (χ0) is 20.2. The number of hydrogen-bond acceptors (Lipinski definition) is 2. The maximum Gasteiger partial charge on any atom is 0.225 e. The molecule has 1 aliphatic carbocycles. The van der Waals surface area contributed by atoms with Crippen LogP contribution < -0.4 is 10.6 Å². The second kappa shape index (κ2) is 15.3. The molecule has 2 fully saturated rings. The van der Waals surface area contributed by atoms with Gasteiger partial charge >= 0.3 is 0 Å². The van der Waals surface area contributed by atoms with Gasteiger partial charge in [-0.1, -0.05) is 52.4 Å². The number of piperidine rings is 1. The van der Waals surface area contributed by atoms with Crippen LogP contribution in [0.4, 0.5) is 0 Å². The maximum atomic E-state index is 12.6. The Kier molecular flexibility index (Phi) is 14.0. The van der Waals surface area contributed by atoms with E-state index >= 15 is 0 Å². The number of hydrogen-bond donors (Lipinski definition) is 2. The van der Waals surface area contributed by atoms with Crippen LogP contribution in [0, 0.1) is 11.8 Å². The smallest absolute Gasteiger partial charge is 0.225 e. The predicted molar refractivity (Wildman–Crippen MR) is 134 cm³/mol. The van der Waals surface area contributed by atoms with Crippen LogP contribution in [-0.4, -0.2) is 49.0 Å². The first kappa shape index (κ1) is 26.5. The Morgan fingerprint density at radius 3 is 2.28 bits per heavy atom. The molecule has 170 valence electrons. The summed E-state index contributed by atoms with van der Waals surface area (Å²) in [5.41, 5.74) is 0. The van der Waals surface area contributed by atoms with Gasteiger partial charge in [0.2, 0.25) is 5.91 Å². The number of guanidine groups is 1. The largest absolute Gasteiger partial charge is 0.357 e. The highest BCUT2D eigenvalue weighted by atomic mass is 127. The summed E-state index contributed by atoms with van der Waals surface area (Å²) < 4.78 is 0. The number of carbonyl (C=O) groups is 1. The number of likely N-dealkylation sites (tertiary alicyclic amines) is 1. The Balaban J connectivity index is 0.00000420. The van der Waals surface area contributed by atoms with Crippen molar-refractivity contribution in [2.75, 3.05) is 26.2 Å². The molecule has 0 spiro atoms.